The van der Waals surface area contributed by atoms with Crippen molar-refractivity contribution >= 4 is 11.8 Å². The standard InChI is InChI=1S/C16H22N2O2S/c1-11-4-6-13(7-5-11)16-18-14(10-20-16)8-17-12(2)15(9-19)21-3/h4-7,10,12,15,17,19H,8-9H2,1-3H3. The minimum Gasteiger partial charge on any atom is -0.444 e. The summed E-state index contributed by atoms with van der Waals surface area (Å²) in [4.78, 5) is 4.49. The molecule has 0 spiro atoms. The van der Waals surface area contributed by atoms with Crippen LogP contribution in [0.3, 0.4) is 0 Å². The third kappa shape index (κ3) is 4.33. The summed E-state index contributed by atoms with van der Waals surface area (Å²) in [6.07, 6.45) is 3.69. The minimum absolute atomic E-state index is 0.169. The Bertz CT molecular complexity index is 550. The number of nitrogens with one attached hydrogen (secondary N) is 1. The molecular weight excluding hydrogens is 284 g/mol. The van der Waals surface area contributed by atoms with E-state index in [9.17, 15) is 5.11 Å². The molecule has 4 nitrogen and oxygen atoms in total. The fraction of sp³-hybridized carbons (Fsp3) is 0.438. The van der Waals surface area contributed by atoms with Gasteiger partial charge in [0.1, 0.15) is 6.26 Å². The average Bonchev–Trinajstić information content (AvgIpc) is 2.96. The molecule has 1 aromatic carbocycles. The van der Waals surface area contributed by atoms with Gasteiger partial charge in [0, 0.05) is 23.4 Å². The van der Waals surface area contributed by atoms with Crippen LogP contribution in [0.15, 0.2) is 34.9 Å². The summed E-state index contributed by atoms with van der Waals surface area (Å²) in [5.41, 5.74) is 3.07. The molecule has 2 rings (SSSR count). The van der Waals surface area contributed by atoms with Gasteiger partial charge in [0.25, 0.3) is 0 Å². The van der Waals surface area contributed by atoms with Gasteiger partial charge in [0.05, 0.1) is 12.3 Å². The molecular formula is C16H22N2O2S. The maximum atomic E-state index is 9.27. The van der Waals surface area contributed by atoms with Gasteiger partial charge in [-0.25, -0.2) is 4.98 Å². The van der Waals surface area contributed by atoms with Crippen LogP contribution in [0, 0.1) is 6.92 Å². The van der Waals surface area contributed by atoms with Gasteiger partial charge in [-0.05, 0) is 32.2 Å². The summed E-state index contributed by atoms with van der Waals surface area (Å²) in [5, 5.41) is 12.8. The zero-order chi connectivity index (χ0) is 15.2. The number of aliphatic hydroxyl groups is 1. The molecule has 0 saturated heterocycles. The molecule has 0 aliphatic rings. The number of aliphatic hydroxyl groups excluding tert-OH is 1. The number of rotatable bonds is 7. The topological polar surface area (TPSA) is 58.3 Å². The summed E-state index contributed by atoms with van der Waals surface area (Å²) in [7, 11) is 0. The van der Waals surface area contributed by atoms with Gasteiger partial charge in [0.15, 0.2) is 0 Å². The molecule has 21 heavy (non-hydrogen) atoms. The quantitative estimate of drug-likeness (QED) is 0.824. The summed E-state index contributed by atoms with van der Waals surface area (Å²) >= 11 is 1.66. The number of oxazole rings is 1. The maximum absolute atomic E-state index is 9.27. The first kappa shape index (κ1) is 16.1. The molecule has 0 aliphatic heterocycles. The Morgan fingerprint density at radius 3 is 2.67 bits per heavy atom. The van der Waals surface area contributed by atoms with Crippen LogP contribution in [0.4, 0.5) is 0 Å². The molecule has 5 heteroatoms. The largest absolute Gasteiger partial charge is 0.444 e. The van der Waals surface area contributed by atoms with Gasteiger partial charge in [-0.15, -0.1) is 0 Å². The summed E-state index contributed by atoms with van der Waals surface area (Å²) in [6.45, 7) is 4.92. The molecule has 2 atom stereocenters. The van der Waals surface area contributed by atoms with E-state index in [1.54, 1.807) is 18.0 Å². The smallest absolute Gasteiger partial charge is 0.226 e. The van der Waals surface area contributed by atoms with Gasteiger partial charge in [0.2, 0.25) is 5.89 Å². The number of aryl methyl sites for hydroxylation is 1. The Balaban J connectivity index is 1.96. The van der Waals surface area contributed by atoms with Crippen molar-refractivity contribution in [3.8, 4) is 11.5 Å². The van der Waals surface area contributed by atoms with Gasteiger partial charge in [-0.1, -0.05) is 17.7 Å². The molecule has 114 valence electrons. The van der Waals surface area contributed by atoms with E-state index in [4.69, 9.17) is 4.42 Å². The molecule has 2 aromatic rings. The highest BCUT2D eigenvalue weighted by molar-refractivity contribution is 7.99. The van der Waals surface area contributed by atoms with Crippen molar-refractivity contribution in [2.75, 3.05) is 12.9 Å². The lowest BCUT2D eigenvalue weighted by molar-refractivity contribution is 0.275. The van der Waals surface area contributed by atoms with E-state index in [0.717, 1.165) is 11.3 Å². The molecule has 0 fully saturated rings. The highest BCUT2D eigenvalue weighted by Gasteiger charge is 2.15. The van der Waals surface area contributed by atoms with Crippen LogP contribution in [-0.2, 0) is 6.54 Å². The van der Waals surface area contributed by atoms with Crippen LogP contribution < -0.4 is 5.32 Å². The van der Waals surface area contributed by atoms with Crippen molar-refractivity contribution < 1.29 is 9.52 Å². The second kappa shape index (κ2) is 7.64. The van der Waals surface area contributed by atoms with E-state index in [2.05, 4.69) is 24.1 Å². The molecule has 1 aromatic heterocycles. The first-order chi connectivity index (χ1) is 10.1. The van der Waals surface area contributed by atoms with Crippen LogP contribution >= 0.6 is 11.8 Å². The molecule has 1 heterocycles. The normalized spacial score (nSPS) is 14.1. The predicted molar refractivity (Wildman–Crippen MR) is 87.4 cm³/mol. The zero-order valence-corrected chi connectivity index (χ0v) is 13.5. The number of aromatic nitrogens is 1. The zero-order valence-electron chi connectivity index (χ0n) is 12.7. The maximum Gasteiger partial charge on any atom is 0.226 e. The van der Waals surface area contributed by atoms with E-state index >= 15 is 0 Å². The number of nitrogens with zero attached hydrogens (tertiary/aromatic N) is 1. The van der Waals surface area contributed by atoms with E-state index in [1.165, 1.54) is 5.56 Å². The lowest BCUT2D eigenvalue weighted by Gasteiger charge is -2.20. The molecule has 0 aliphatic carbocycles. The van der Waals surface area contributed by atoms with E-state index in [1.807, 2.05) is 30.5 Å². The Kier molecular flexibility index (Phi) is 5.85. The van der Waals surface area contributed by atoms with Crippen molar-refractivity contribution in [1.82, 2.24) is 10.3 Å². The van der Waals surface area contributed by atoms with Gasteiger partial charge in [-0.2, -0.15) is 11.8 Å². The Hall–Kier alpha value is -1.30. The van der Waals surface area contributed by atoms with Crippen LogP contribution in [0.2, 0.25) is 0 Å². The number of thioether (sulfide) groups is 1. The number of benzene rings is 1. The van der Waals surface area contributed by atoms with Crippen LogP contribution in [-0.4, -0.2) is 34.2 Å². The van der Waals surface area contributed by atoms with Crippen LogP contribution in [0.1, 0.15) is 18.2 Å². The highest BCUT2D eigenvalue weighted by atomic mass is 32.2. The van der Waals surface area contributed by atoms with Crippen molar-refractivity contribution in [2.45, 2.75) is 31.7 Å². The summed E-state index contributed by atoms with van der Waals surface area (Å²) < 4.78 is 5.53. The van der Waals surface area contributed by atoms with Gasteiger partial charge < -0.3 is 14.8 Å². The van der Waals surface area contributed by atoms with Crippen molar-refractivity contribution in [1.29, 1.82) is 0 Å². The van der Waals surface area contributed by atoms with Gasteiger partial charge >= 0.3 is 0 Å². The van der Waals surface area contributed by atoms with E-state index < -0.39 is 0 Å². The van der Waals surface area contributed by atoms with Crippen molar-refractivity contribution in [2.24, 2.45) is 0 Å². The monoisotopic (exact) mass is 306 g/mol. The van der Waals surface area contributed by atoms with Crippen LogP contribution in [0.5, 0.6) is 0 Å². The second-order valence-electron chi connectivity index (χ2n) is 5.14. The SMILES string of the molecule is CSC(CO)C(C)NCc1coc(-c2ccc(C)cc2)n1. The van der Waals surface area contributed by atoms with Crippen molar-refractivity contribution in [3.05, 3.63) is 41.8 Å². The first-order valence-corrected chi connectivity index (χ1v) is 8.31. The molecule has 0 amide bonds. The summed E-state index contributed by atoms with van der Waals surface area (Å²) in [6, 6.07) is 8.32. The third-order valence-electron chi connectivity index (χ3n) is 3.50. The lowest BCUT2D eigenvalue weighted by Crippen LogP contribution is -2.37. The number of hydrogen-bond donors (Lipinski definition) is 2. The van der Waals surface area contributed by atoms with Crippen molar-refractivity contribution in [3.63, 3.8) is 0 Å². The Labute approximate surface area is 130 Å². The van der Waals surface area contributed by atoms with Crippen LogP contribution in [0.25, 0.3) is 11.5 Å². The molecule has 2 N–H and O–H groups in total. The highest BCUT2D eigenvalue weighted by Crippen LogP contribution is 2.19. The number of hydrogen-bond acceptors (Lipinski definition) is 5. The second-order valence-corrected chi connectivity index (χ2v) is 6.21. The summed E-state index contributed by atoms with van der Waals surface area (Å²) in [5.74, 6) is 0.642. The first-order valence-electron chi connectivity index (χ1n) is 7.02. The molecule has 0 radical (unpaired) electrons. The van der Waals surface area contributed by atoms with Gasteiger partial charge in [-0.3, -0.25) is 0 Å². The fourth-order valence-corrected chi connectivity index (χ4v) is 2.70. The minimum atomic E-state index is 0.169. The third-order valence-corrected chi connectivity index (χ3v) is 4.66. The lowest BCUT2D eigenvalue weighted by atomic mass is 10.1. The predicted octanol–water partition coefficient (Wildman–Crippen LogP) is 2.85. The average molecular weight is 306 g/mol. The Morgan fingerprint density at radius 2 is 2.05 bits per heavy atom. The Morgan fingerprint density at radius 1 is 1.33 bits per heavy atom. The molecule has 0 saturated carbocycles. The van der Waals surface area contributed by atoms with E-state index in [0.29, 0.717) is 12.4 Å². The van der Waals surface area contributed by atoms with E-state index in [-0.39, 0.29) is 17.9 Å². The fourth-order valence-electron chi connectivity index (χ4n) is 2.05. The molecule has 2 unspecified atom stereocenters. The molecule has 0 bridgehead atoms.